The number of Topliss-reactive ketones (excluding diaryl/α,β-unsaturated/α-hetero) is 1. The molecule has 2 aromatic carbocycles. The molecule has 0 radical (unpaired) electrons. The van der Waals surface area contributed by atoms with Crippen LogP contribution in [-0.2, 0) is 11.2 Å². The Kier molecular flexibility index (Phi) is 10.9. The Bertz CT molecular complexity index is 2610. The lowest BCUT2D eigenvalue weighted by Crippen LogP contribution is -2.40. The van der Waals surface area contributed by atoms with Crippen LogP contribution in [0.4, 0.5) is 0 Å². The number of aliphatic hydroxyl groups excluding tert-OH is 3. The average molecular weight is 865 g/mol. The number of hydrogen-bond acceptors (Lipinski definition) is 9. The van der Waals surface area contributed by atoms with Crippen LogP contribution in [0.15, 0.2) is 55.0 Å². The maximum atomic E-state index is 13.4. The van der Waals surface area contributed by atoms with Crippen LogP contribution in [0.5, 0.6) is 17.2 Å². The summed E-state index contributed by atoms with van der Waals surface area (Å²) in [6, 6.07) is 7.32. The van der Waals surface area contributed by atoms with E-state index in [0.29, 0.717) is 35.5 Å². The molecular weight excluding hydrogens is 805 g/mol. The molecule has 11 heteroatoms. The Labute approximate surface area is 374 Å². The number of phenolic OH excluding ortho intramolecular Hbond substituents is 1. The van der Waals surface area contributed by atoms with Gasteiger partial charge in [-0.1, -0.05) is 74.2 Å². The molecule has 3 aliphatic heterocycles. The fourth-order valence-corrected chi connectivity index (χ4v) is 12.8. The molecule has 11 nitrogen and oxygen atoms in total. The van der Waals surface area contributed by atoms with Gasteiger partial charge in [0.25, 0.3) is 0 Å². The molecule has 2 bridgehead atoms. The van der Waals surface area contributed by atoms with Crippen molar-refractivity contribution in [3.05, 3.63) is 88.4 Å². The van der Waals surface area contributed by atoms with Gasteiger partial charge in [0, 0.05) is 61.3 Å². The highest BCUT2D eigenvalue weighted by Crippen LogP contribution is 2.53. The number of nitrogens with two attached hydrogens (primary N) is 1. The quantitative estimate of drug-likeness (QED) is 0.0723. The number of aromatic hydroxyl groups is 1. The van der Waals surface area contributed by atoms with Crippen LogP contribution >= 0.6 is 0 Å². The van der Waals surface area contributed by atoms with E-state index < -0.39 is 41.8 Å². The van der Waals surface area contributed by atoms with Crippen molar-refractivity contribution in [2.75, 3.05) is 6.54 Å². The number of carbonyl (C=O) groups is 1. The number of phenols is 1. The normalized spacial score (nSPS) is 30.6. The highest BCUT2D eigenvalue weighted by atomic mass is 16.5. The summed E-state index contributed by atoms with van der Waals surface area (Å²) in [5.74, 6) is 11.1. The highest BCUT2D eigenvalue weighted by molar-refractivity contribution is 5.84. The van der Waals surface area contributed by atoms with Crippen LogP contribution in [-0.4, -0.2) is 54.5 Å². The van der Waals surface area contributed by atoms with Crippen molar-refractivity contribution in [3.63, 3.8) is 0 Å². The van der Waals surface area contributed by atoms with Gasteiger partial charge in [-0.2, -0.15) is 0 Å². The summed E-state index contributed by atoms with van der Waals surface area (Å²) in [6.45, 7) is 0.798. The lowest BCUT2D eigenvalue weighted by atomic mass is 9.68. The number of nitrogens with zero attached hydrogens (tertiary/aromatic N) is 1. The van der Waals surface area contributed by atoms with Gasteiger partial charge in [0.1, 0.15) is 23.7 Å². The molecule has 2 fully saturated rings. The standard InChI is InChI=1S/C53H60N4O7/c54-51-38-15-14-37-43(59)17-16-41-52(57-28-40-39(27-55-42(40)29-57)35-12-10-33(26-56-51)49(38)50(35)37)64-48-23-32(44(60)25-47(48)63-21-20-53(41)18-4-5-19-53)8-11-34(58)24-46(62)36-13-9-31(22-45(36)61)30-6-2-1-3-7-30/h9,13-15,23,25,27-31,33,35-36,41,43,45-46,51-52,55-56,59-62H,1-8,10-12,18-19,22,24,26,54H2. The number of hydrogen-bond donors (Lipinski definition) is 7. The number of fused-ring (bicyclic) bond motifs is 6. The summed E-state index contributed by atoms with van der Waals surface area (Å²) in [7, 11) is 0. The van der Waals surface area contributed by atoms with Gasteiger partial charge in [-0.25, -0.2) is 0 Å². The van der Waals surface area contributed by atoms with Gasteiger partial charge in [-0.15, -0.1) is 0 Å². The Hall–Kier alpha value is -5.01. The van der Waals surface area contributed by atoms with E-state index in [2.05, 4.69) is 69.5 Å². The van der Waals surface area contributed by atoms with Crippen molar-refractivity contribution in [2.24, 2.45) is 34.8 Å². The first-order valence-electron chi connectivity index (χ1n) is 23.9. The maximum Gasteiger partial charge on any atom is 0.191 e. The van der Waals surface area contributed by atoms with Crippen LogP contribution < -0.4 is 20.5 Å². The number of rotatable bonds is 7. The molecule has 2 saturated carbocycles. The molecule has 0 amide bonds. The number of benzene rings is 2. The molecule has 64 heavy (non-hydrogen) atoms. The maximum absolute atomic E-state index is 13.4. The lowest BCUT2D eigenvalue weighted by Gasteiger charge is -2.40. The summed E-state index contributed by atoms with van der Waals surface area (Å²) < 4.78 is 15.3. The highest BCUT2D eigenvalue weighted by Gasteiger charge is 2.47. The first-order valence-corrected chi connectivity index (χ1v) is 23.9. The number of aromatic nitrogens is 2. The monoisotopic (exact) mass is 864 g/mol. The zero-order valence-corrected chi connectivity index (χ0v) is 36.4. The molecule has 4 aromatic rings. The molecule has 0 saturated heterocycles. The number of ketones is 1. The predicted molar refractivity (Wildman–Crippen MR) is 242 cm³/mol. The van der Waals surface area contributed by atoms with Crippen LogP contribution in [0.3, 0.4) is 0 Å². The Morgan fingerprint density at radius 1 is 0.953 bits per heavy atom. The number of allylic oxidation sites excluding steroid dienone is 1. The Balaban J connectivity index is 0.908. The van der Waals surface area contributed by atoms with Gasteiger partial charge >= 0.3 is 0 Å². The SMILES string of the molecule is NC1NCC2CCC3c4c(ccc1c42)C(O)C#CC1C(Oc2cc(CCC(=O)CC(O)C4C=CC(C5CCCCC5)CC4O)c(O)cc2OC#CC12CCCC2)n1cc2[nH]cc3c2c1. The molecule has 11 rings (SSSR count). The van der Waals surface area contributed by atoms with Crippen molar-refractivity contribution < 1.29 is 34.7 Å². The van der Waals surface area contributed by atoms with Crippen molar-refractivity contribution in [3.8, 4) is 41.1 Å². The largest absolute Gasteiger partial charge is 0.508 e. The fraction of sp³-hybridized carbons (Fsp3) is 0.528. The van der Waals surface area contributed by atoms with Gasteiger partial charge in [0.2, 0.25) is 0 Å². The minimum Gasteiger partial charge on any atom is -0.508 e. The molecule has 5 heterocycles. The molecule has 1 spiro atoms. The third kappa shape index (κ3) is 7.34. The minimum atomic E-state index is -1.06. The number of ether oxygens (including phenoxy) is 2. The summed E-state index contributed by atoms with van der Waals surface area (Å²) in [5, 5.41) is 50.4. The summed E-state index contributed by atoms with van der Waals surface area (Å²) in [6.07, 6.45) is 22.0. The fourth-order valence-electron chi connectivity index (χ4n) is 12.8. The lowest BCUT2D eigenvalue weighted by molar-refractivity contribution is -0.122. The summed E-state index contributed by atoms with van der Waals surface area (Å²) >= 11 is 0. The third-order valence-corrected chi connectivity index (χ3v) is 16.3. The van der Waals surface area contributed by atoms with Crippen molar-refractivity contribution in [1.82, 2.24) is 14.9 Å². The van der Waals surface area contributed by atoms with Crippen molar-refractivity contribution in [2.45, 2.75) is 139 Å². The van der Waals surface area contributed by atoms with Gasteiger partial charge in [-0.05, 0) is 109 Å². The topological polar surface area (TPSA) is 175 Å². The number of aromatic amines is 1. The summed E-state index contributed by atoms with van der Waals surface area (Å²) in [4.78, 5) is 17.0. The van der Waals surface area contributed by atoms with Gasteiger partial charge < -0.3 is 45.2 Å². The second kappa shape index (κ2) is 16.8. The van der Waals surface area contributed by atoms with Crippen molar-refractivity contribution in [1.29, 1.82) is 0 Å². The molecular formula is C53H60N4O7. The smallest absolute Gasteiger partial charge is 0.191 e. The Morgan fingerprint density at radius 2 is 1.78 bits per heavy atom. The minimum absolute atomic E-state index is 0.0301. The van der Waals surface area contributed by atoms with E-state index in [9.17, 15) is 25.2 Å². The second-order valence-electron chi connectivity index (χ2n) is 20.0. The number of nitrogens with one attached hydrogen (secondary N) is 2. The molecule has 334 valence electrons. The molecule has 10 unspecified atom stereocenters. The van der Waals surface area contributed by atoms with E-state index in [1.165, 1.54) is 43.7 Å². The van der Waals surface area contributed by atoms with E-state index in [1.807, 2.05) is 12.1 Å². The predicted octanol–water partition coefficient (Wildman–Crippen LogP) is 7.79. The van der Waals surface area contributed by atoms with Crippen LogP contribution in [0.2, 0.25) is 0 Å². The number of aryl methyl sites for hydroxylation is 1. The van der Waals surface area contributed by atoms with E-state index in [-0.39, 0.29) is 48.6 Å². The summed E-state index contributed by atoms with van der Waals surface area (Å²) in [5.41, 5.74) is 13.0. The zero-order valence-electron chi connectivity index (χ0n) is 36.4. The first kappa shape index (κ1) is 41.7. The Morgan fingerprint density at radius 3 is 2.61 bits per heavy atom. The van der Waals surface area contributed by atoms with Crippen LogP contribution in [0.25, 0.3) is 10.9 Å². The van der Waals surface area contributed by atoms with E-state index in [4.69, 9.17) is 15.2 Å². The third-order valence-electron chi connectivity index (χ3n) is 16.3. The molecule has 4 aliphatic carbocycles. The molecule has 10 atom stereocenters. The molecule has 8 N–H and O–H groups in total. The van der Waals surface area contributed by atoms with Crippen LogP contribution in [0, 0.1) is 53.0 Å². The van der Waals surface area contributed by atoms with Crippen LogP contribution in [0.1, 0.15) is 154 Å². The van der Waals surface area contributed by atoms with Gasteiger partial charge in [0.05, 0.1) is 35.2 Å². The average Bonchev–Trinajstić information content (AvgIpc) is 4.05. The van der Waals surface area contributed by atoms with Crippen molar-refractivity contribution >= 4 is 16.7 Å². The number of aliphatic hydroxyl groups is 3. The van der Waals surface area contributed by atoms with E-state index in [0.717, 1.165) is 78.2 Å². The number of carbonyl (C=O) groups excluding carboxylic acids is 1. The zero-order chi connectivity index (χ0) is 43.7. The molecule has 2 aromatic heterocycles. The first-order chi connectivity index (χ1) is 31.1. The number of H-pyrrole nitrogens is 1. The second-order valence-corrected chi connectivity index (χ2v) is 20.0. The van der Waals surface area contributed by atoms with E-state index >= 15 is 0 Å². The van der Waals surface area contributed by atoms with E-state index in [1.54, 1.807) is 6.07 Å². The van der Waals surface area contributed by atoms with Gasteiger partial charge in [0.15, 0.2) is 17.7 Å². The van der Waals surface area contributed by atoms with Gasteiger partial charge in [-0.3, -0.25) is 10.1 Å². The molecule has 7 aliphatic rings.